The van der Waals surface area contributed by atoms with Crippen LogP contribution >= 0.6 is 11.6 Å². The van der Waals surface area contributed by atoms with Gasteiger partial charge in [-0.1, -0.05) is 11.6 Å². The Labute approximate surface area is 125 Å². The summed E-state index contributed by atoms with van der Waals surface area (Å²) in [4.78, 5) is 24.3. The molecule has 21 heavy (non-hydrogen) atoms. The second-order valence-electron chi connectivity index (χ2n) is 5.08. The van der Waals surface area contributed by atoms with E-state index in [-0.39, 0.29) is 22.9 Å². The molecule has 1 N–H and O–H groups in total. The summed E-state index contributed by atoms with van der Waals surface area (Å²) in [6.07, 6.45) is 1.24. The van der Waals surface area contributed by atoms with E-state index in [0.717, 1.165) is 12.1 Å². The lowest BCUT2D eigenvalue weighted by molar-refractivity contribution is -0.137. The molecule has 4 nitrogen and oxygen atoms in total. The van der Waals surface area contributed by atoms with Crippen LogP contribution in [0, 0.1) is 17.6 Å². The predicted molar refractivity (Wildman–Crippen MR) is 72.2 cm³/mol. The highest BCUT2D eigenvalue weighted by Crippen LogP contribution is 2.26. The van der Waals surface area contributed by atoms with E-state index in [4.69, 9.17) is 16.7 Å². The molecule has 1 fully saturated rings. The maximum absolute atomic E-state index is 13.2. The van der Waals surface area contributed by atoms with Gasteiger partial charge in [0.25, 0.3) is 5.91 Å². The number of benzene rings is 1. The number of rotatable bonds is 4. The van der Waals surface area contributed by atoms with Crippen molar-refractivity contribution in [2.45, 2.75) is 19.3 Å². The Kier molecular flexibility index (Phi) is 4.77. The fraction of sp³-hybridized carbons (Fsp3) is 0.429. The Morgan fingerprint density at radius 1 is 1.33 bits per heavy atom. The average molecular weight is 318 g/mol. The number of hydrogen-bond acceptors (Lipinski definition) is 2. The number of amides is 1. The average Bonchev–Trinajstić information content (AvgIpc) is 2.88. The summed E-state index contributed by atoms with van der Waals surface area (Å²) < 4.78 is 26.2. The van der Waals surface area contributed by atoms with E-state index < -0.39 is 23.5 Å². The molecule has 1 atom stereocenters. The molecule has 1 aliphatic heterocycles. The van der Waals surface area contributed by atoms with Gasteiger partial charge in [-0.2, -0.15) is 0 Å². The van der Waals surface area contributed by atoms with E-state index in [2.05, 4.69) is 0 Å². The molecule has 1 aromatic carbocycles. The lowest BCUT2D eigenvalue weighted by Gasteiger charge is -2.17. The van der Waals surface area contributed by atoms with E-state index in [1.165, 1.54) is 4.90 Å². The van der Waals surface area contributed by atoms with Gasteiger partial charge in [-0.05, 0) is 30.9 Å². The first kappa shape index (κ1) is 15.7. The molecular weight excluding hydrogens is 304 g/mol. The van der Waals surface area contributed by atoms with Crippen LogP contribution in [0.5, 0.6) is 0 Å². The molecule has 0 radical (unpaired) electrons. The van der Waals surface area contributed by atoms with Gasteiger partial charge in [0, 0.05) is 19.5 Å². The zero-order valence-electron chi connectivity index (χ0n) is 11.1. The molecule has 0 spiro atoms. The number of carboxylic acids is 1. The first-order chi connectivity index (χ1) is 9.88. The Morgan fingerprint density at radius 3 is 2.67 bits per heavy atom. The maximum Gasteiger partial charge on any atom is 0.303 e. The minimum Gasteiger partial charge on any atom is -0.481 e. The van der Waals surface area contributed by atoms with Crippen molar-refractivity contribution < 1.29 is 23.5 Å². The van der Waals surface area contributed by atoms with Crippen LogP contribution in [0.3, 0.4) is 0 Å². The summed E-state index contributed by atoms with van der Waals surface area (Å²) in [5, 5.41) is 8.51. The molecule has 1 saturated heterocycles. The molecule has 1 aromatic rings. The monoisotopic (exact) mass is 317 g/mol. The van der Waals surface area contributed by atoms with Gasteiger partial charge in [0.05, 0.1) is 10.6 Å². The van der Waals surface area contributed by atoms with Crippen molar-refractivity contribution in [3.05, 3.63) is 34.4 Å². The number of nitrogens with zero attached hydrogens (tertiary/aromatic N) is 1. The molecule has 0 aromatic heterocycles. The van der Waals surface area contributed by atoms with Gasteiger partial charge in [-0.25, -0.2) is 8.78 Å². The summed E-state index contributed by atoms with van der Waals surface area (Å²) in [5.74, 6) is -3.45. The predicted octanol–water partition coefficient (Wildman–Crippen LogP) is 2.95. The van der Waals surface area contributed by atoms with E-state index in [0.29, 0.717) is 25.9 Å². The van der Waals surface area contributed by atoms with Crippen molar-refractivity contribution in [3.8, 4) is 0 Å². The Bertz CT molecular complexity index is 580. The SMILES string of the molecule is O=C(O)CCC1CCN(C(=O)c2cc(F)c(F)cc2Cl)C1. The largest absolute Gasteiger partial charge is 0.481 e. The number of hydrogen-bond donors (Lipinski definition) is 1. The van der Waals surface area contributed by atoms with Crippen molar-refractivity contribution in [1.82, 2.24) is 4.90 Å². The second-order valence-corrected chi connectivity index (χ2v) is 5.49. The number of carbonyl (C=O) groups is 2. The molecule has 114 valence electrons. The summed E-state index contributed by atoms with van der Waals surface area (Å²) in [7, 11) is 0. The zero-order chi connectivity index (χ0) is 15.6. The highest BCUT2D eigenvalue weighted by molar-refractivity contribution is 6.33. The van der Waals surface area contributed by atoms with Crippen LogP contribution in [0.15, 0.2) is 12.1 Å². The number of carboxylic acid groups (broad SMARTS) is 1. The number of carbonyl (C=O) groups excluding carboxylic acids is 1. The second kappa shape index (κ2) is 6.39. The minimum absolute atomic E-state index is 0.0542. The maximum atomic E-state index is 13.2. The van der Waals surface area contributed by atoms with Crippen molar-refractivity contribution >= 4 is 23.5 Å². The van der Waals surface area contributed by atoms with E-state index in [1.54, 1.807) is 0 Å². The summed E-state index contributed by atoms with van der Waals surface area (Å²) in [5.41, 5.74) is -0.0746. The molecule has 1 heterocycles. The van der Waals surface area contributed by atoms with Gasteiger partial charge in [-0.15, -0.1) is 0 Å². The Hall–Kier alpha value is -1.69. The molecule has 0 aliphatic carbocycles. The van der Waals surface area contributed by atoms with Crippen molar-refractivity contribution in [1.29, 1.82) is 0 Å². The fourth-order valence-electron chi connectivity index (χ4n) is 2.44. The molecule has 1 aliphatic rings. The normalized spacial score (nSPS) is 18.0. The van der Waals surface area contributed by atoms with Crippen LogP contribution in [0.2, 0.25) is 5.02 Å². The Balaban J connectivity index is 2.05. The van der Waals surface area contributed by atoms with Gasteiger partial charge in [0.15, 0.2) is 11.6 Å². The summed E-state index contributed by atoms with van der Waals surface area (Å²) >= 11 is 5.78. The number of halogens is 3. The zero-order valence-corrected chi connectivity index (χ0v) is 11.9. The van der Waals surface area contributed by atoms with Gasteiger partial charge < -0.3 is 10.0 Å². The van der Waals surface area contributed by atoms with Gasteiger partial charge in [0.1, 0.15) is 0 Å². The highest BCUT2D eigenvalue weighted by atomic mass is 35.5. The van der Waals surface area contributed by atoms with E-state index >= 15 is 0 Å². The third-order valence-corrected chi connectivity index (χ3v) is 3.89. The summed E-state index contributed by atoms with van der Waals surface area (Å²) in [6, 6.07) is 1.58. The third-order valence-electron chi connectivity index (χ3n) is 3.58. The minimum atomic E-state index is -1.12. The lowest BCUT2D eigenvalue weighted by atomic mass is 10.0. The molecule has 1 unspecified atom stereocenters. The standard InChI is InChI=1S/C14H14ClF2NO3/c15-10-6-12(17)11(16)5-9(10)14(21)18-4-3-8(7-18)1-2-13(19)20/h5-6,8H,1-4,7H2,(H,19,20). The van der Waals surface area contributed by atoms with Gasteiger partial charge in [-0.3, -0.25) is 9.59 Å². The topological polar surface area (TPSA) is 57.6 Å². The molecule has 2 rings (SSSR count). The van der Waals surface area contributed by atoms with Crippen LogP contribution < -0.4 is 0 Å². The fourth-order valence-corrected chi connectivity index (χ4v) is 2.67. The molecular formula is C14H14ClF2NO3. The van der Waals surface area contributed by atoms with Crippen LogP contribution in [0.1, 0.15) is 29.6 Å². The molecule has 0 bridgehead atoms. The van der Waals surface area contributed by atoms with Crippen molar-refractivity contribution in [2.24, 2.45) is 5.92 Å². The van der Waals surface area contributed by atoms with Crippen molar-refractivity contribution in [3.63, 3.8) is 0 Å². The lowest BCUT2D eigenvalue weighted by Crippen LogP contribution is -2.29. The first-order valence-corrected chi connectivity index (χ1v) is 6.92. The molecule has 7 heteroatoms. The van der Waals surface area contributed by atoms with Crippen LogP contribution in [0.4, 0.5) is 8.78 Å². The highest BCUT2D eigenvalue weighted by Gasteiger charge is 2.28. The number of aliphatic carboxylic acids is 1. The summed E-state index contributed by atoms with van der Waals surface area (Å²) in [6.45, 7) is 0.861. The van der Waals surface area contributed by atoms with Crippen LogP contribution in [-0.4, -0.2) is 35.0 Å². The molecule has 0 saturated carbocycles. The van der Waals surface area contributed by atoms with Crippen molar-refractivity contribution in [2.75, 3.05) is 13.1 Å². The van der Waals surface area contributed by atoms with Crippen LogP contribution in [-0.2, 0) is 4.79 Å². The van der Waals surface area contributed by atoms with Crippen LogP contribution in [0.25, 0.3) is 0 Å². The molecule has 1 amide bonds. The quantitative estimate of drug-likeness (QED) is 0.869. The first-order valence-electron chi connectivity index (χ1n) is 6.54. The van der Waals surface area contributed by atoms with E-state index in [9.17, 15) is 18.4 Å². The smallest absolute Gasteiger partial charge is 0.303 e. The van der Waals surface area contributed by atoms with Gasteiger partial charge >= 0.3 is 5.97 Å². The Morgan fingerprint density at radius 2 is 2.00 bits per heavy atom. The van der Waals surface area contributed by atoms with E-state index in [1.807, 2.05) is 0 Å². The third kappa shape index (κ3) is 3.69. The van der Waals surface area contributed by atoms with Gasteiger partial charge in [0.2, 0.25) is 0 Å². The number of likely N-dealkylation sites (tertiary alicyclic amines) is 1.